The van der Waals surface area contributed by atoms with Crippen molar-refractivity contribution in [3.05, 3.63) is 0 Å². The highest BCUT2D eigenvalue weighted by Gasteiger charge is 2.33. The van der Waals surface area contributed by atoms with E-state index < -0.39 is 5.60 Å². The van der Waals surface area contributed by atoms with Gasteiger partial charge in [-0.1, -0.05) is 0 Å². The fraction of sp³-hybridized carbons (Fsp3) is 0.818. The maximum atomic E-state index is 11.6. The van der Waals surface area contributed by atoms with Crippen LogP contribution in [0.5, 0.6) is 0 Å². The van der Waals surface area contributed by atoms with Crippen molar-refractivity contribution in [2.75, 3.05) is 13.1 Å². The number of hydrogen-bond donors (Lipinski definition) is 1. The lowest BCUT2D eigenvalue weighted by Gasteiger charge is -2.40. The summed E-state index contributed by atoms with van der Waals surface area (Å²) >= 11 is 0. The van der Waals surface area contributed by atoms with Crippen molar-refractivity contribution in [2.45, 2.75) is 45.4 Å². The summed E-state index contributed by atoms with van der Waals surface area (Å²) in [4.78, 5) is 13.2. The van der Waals surface area contributed by atoms with Gasteiger partial charge in [-0.05, 0) is 27.7 Å². The normalized spacial score (nSPS) is 18.6. The van der Waals surface area contributed by atoms with Crippen molar-refractivity contribution in [1.29, 1.82) is 5.26 Å². The summed E-state index contributed by atoms with van der Waals surface area (Å²) in [5.74, 6) is 0. The van der Waals surface area contributed by atoms with E-state index in [0.29, 0.717) is 13.1 Å². The van der Waals surface area contributed by atoms with E-state index in [4.69, 9.17) is 10.00 Å². The third kappa shape index (κ3) is 3.70. The van der Waals surface area contributed by atoms with Crippen molar-refractivity contribution < 1.29 is 9.53 Å². The first-order valence-corrected chi connectivity index (χ1v) is 5.45. The van der Waals surface area contributed by atoms with Gasteiger partial charge in [0.1, 0.15) is 5.60 Å². The second-order valence-corrected chi connectivity index (χ2v) is 5.10. The van der Waals surface area contributed by atoms with Gasteiger partial charge in [-0.3, -0.25) is 5.32 Å². The Balaban J connectivity index is 2.26. The van der Waals surface area contributed by atoms with E-state index in [1.54, 1.807) is 11.8 Å². The monoisotopic (exact) mass is 225 g/mol. The molecule has 0 spiro atoms. The average molecular weight is 225 g/mol. The summed E-state index contributed by atoms with van der Waals surface area (Å²) in [6, 6.07) is 2.14. The van der Waals surface area contributed by atoms with Crippen molar-refractivity contribution in [3.63, 3.8) is 0 Å². The summed E-state index contributed by atoms with van der Waals surface area (Å²) in [6.07, 6.45) is -0.282. The number of nitrogens with zero attached hydrogens (tertiary/aromatic N) is 2. The number of amides is 1. The van der Waals surface area contributed by atoms with Crippen LogP contribution in [0, 0.1) is 11.3 Å². The Bertz CT molecular complexity index is 297. The summed E-state index contributed by atoms with van der Waals surface area (Å²) in [5, 5.41) is 11.7. The SMILES string of the molecule is C[C@@H](C#N)NC1CN(C(=O)OC(C)(C)C)C1. The molecule has 5 nitrogen and oxygen atoms in total. The third-order valence-corrected chi connectivity index (χ3v) is 2.21. The molecule has 0 unspecified atom stereocenters. The van der Waals surface area contributed by atoms with Crippen LogP contribution < -0.4 is 5.32 Å². The molecule has 1 N–H and O–H groups in total. The van der Waals surface area contributed by atoms with Gasteiger partial charge in [-0.2, -0.15) is 5.26 Å². The van der Waals surface area contributed by atoms with Crippen LogP contribution in [0.25, 0.3) is 0 Å². The maximum absolute atomic E-state index is 11.6. The van der Waals surface area contributed by atoms with Gasteiger partial charge in [0.2, 0.25) is 0 Å². The highest BCUT2D eigenvalue weighted by atomic mass is 16.6. The molecular formula is C11H19N3O2. The van der Waals surface area contributed by atoms with Crippen molar-refractivity contribution in [2.24, 2.45) is 0 Å². The maximum Gasteiger partial charge on any atom is 0.410 e. The molecule has 5 heteroatoms. The van der Waals surface area contributed by atoms with Gasteiger partial charge >= 0.3 is 6.09 Å². The molecule has 1 rings (SSSR count). The lowest BCUT2D eigenvalue weighted by atomic mass is 10.1. The third-order valence-electron chi connectivity index (χ3n) is 2.21. The predicted molar refractivity (Wildman–Crippen MR) is 59.8 cm³/mol. The van der Waals surface area contributed by atoms with Crippen LogP contribution in [-0.4, -0.2) is 41.8 Å². The van der Waals surface area contributed by atoms with E-state index in [0.717, 1.165) is 0 Å². The Morgan fingerprint density at radius 3 is 2.56 bits per heavy atom. The summed E-state index contributed by atoms with van der Waals surface area (Å²) in [6.45, 7) is 8.56. The minimum atomic E-state index is -0.449. The quantitative estimate of drug-likeness (QED) is 0.764. The number of ether oxygens (including phenoxy) is 1. The molecular weight excluding hydrogens is 206 g/mol. The standard InChI is InChI=1S/C11H19N3O2/c1-8(5-12)13-9-6-14(7-9)10(15)16-11(2,3)4/h8-9,13H,6-7H2,1-4H3/t8-/m0/s1. The van der Waals surface area contributed by atoms with Gasteiger partial charge < -0.3 is 9.64 Å². The molecule has 1 heterocycles. The molecule has 16 heavy (non-hydrogen) atoms. The van der Waals surface area contributed by atoms with Crippen LogP contribution in [-0.2, 0) is 4.74 Å². The molecule has 1 atom stereocenters. The van der Waals surface area contributed by atoms with Gasteiger partial charge in [0, 0.05) is 19.1 Å². The van der Waals surface area contributed by atoms with Crippen LogP contribution in [0.2, 0.25) is 0 Å². The van der Waals surface area contributed by atoms with Crippen LogP contribution in [0.15, 0.2) is 0 Å². The topological polar surface area (TPSA) is 65.4 Å². The Morgan fingerprint density at radius 1 is 1.56 bits per heavy atom. The van der Waals surface area contributed by atoms with Crippen molar-refractivity contribution >= 4 is 6.09 Å². The van der Waals surface area contributed by atoms with Gasteiger partial charge in [-0.15, -0.1) is 0 Å². The molecule has 0 saturated carbocycles. The number of likely N-dealkylation sites (tertiary alicyclic amines) is 1. The Labute approximate surface area is 96.4 Å². The van der Waals surface area contributed by atoms with Crippen LogP contribution in [0.4, 0.5) is 4.79 Å². The van der Waals surface area contributed by atoms with Gasteiger partial charge in [0.05, 0.1) is 12.1 Å². The molecule has 1 amide bonds. The molecule has 90 valence electrons. The largest absolute Gasteiger partial charge is 0.444 e. The van der Waals surface area contributed by atoms with E-state index in [1.165, 1.54) is 0 Å². The molecule has 1 aliphatic heterocycles. The summed E-state index contributed by atoms with van der Waals surface area (Å²) in [5.41, 5.74) is -0.449. The molecule has 0 aromatic carbocycles. The number of rotatable bonds is 2. The Morgan fingerprint density at radius 2 is 2.12 bits per heavy atom. The summed E-state index contributed by atoms with van der Waals surface area (Å²) in [7, 11) is 0. The number of hydrogen-bond acceptors (Lipinski definition) is 4. The predicted octanol–water partition coefficient (Wildman–Crippen LogP) is 1.11. The van der Waals surface area contributed by atoms with Crippen molar-refractivity contribution in [1.82, 2.24) is 10.2 Å². The lowest BCUT2D eigenvalue weighted by molar-refractivity contribution is 0.00492. The molecule has 0 radical (unpaired) electrons. The van der Waals surface area contributed by atoms with E-state index in [2.05, 4.69) is 11.4 Å². The van der Waals surface area contributed by atoms with Gasteiger partial charge in [0.25, 0.3) is 0 Å². The first-order valence-electron chi connectivity index (χ1n) is 5.45. The van der Waals surface area contributed by atoms with E-state index in [-0.39, 0.29) is 18.2 Å². The average Bonchev–Trinajstić information content (AvgIpc) is 2.06. The molecule has 0 aromatic rings. The Kier molecular flexibility index (Phi) is 3.76. The van der Waals surface area contributed by atoms with Crippen LogP contribution in [0.3, 0.4) is 0 Å². The summed E-state index contributed by atoms with van der Waals surface area (Å²) < 4.78 is 5.22. The molecule has 1 fully saturated rings. The van der Waals surface area contributed by atoms with Crippen LogP contribution >= 0.6 is 0 Å². The number of nitrogens with one attached hydrogen (secondary N) is 1. The fourth-order valence-electron chi connectivity index (χ4n) is 1.45. The Hall–Kier alpha value is -1.28. The zero-order chi connectivity index (χ0) is 12.3. The van der Waals surface area contributed by atoms with E-state index in [1.807, 2.05) is 20.8 Å². The number of carbonyl (C=O) groups excluding carboxylic acids is 1. The van der Waals surface area contributed by atoms with Gasteiger partial charge in [-0.25, -0.2) is 4.79 Å². The first kappa shape index (κ1) is 12.8. The smallest absolute Gasteiger partial charge is 0.410 e. The molecule has 0 aliphatic carbocycles. The van der Waals surface area contributed by atoms with Crippen LogP contribution in [0.1, 0.15) is 27.7 Å². The zero-order valence-corrected chi connectivity index (χ0v) is 10.3. The minimum absolute atomic E-state index is 0.175. The molecule has 0 bridgehead atoms. The lowest BCUT2D eigenvalue weighted by Crippen LogP contribution is -2.61. The molecule has 1 saturated heterocycles. The first-order chi connectivity index (χ1) is 7.31. The number of nitriles is 1. The highest BCUT2D eigenvalue weighted by Crippen LogP contribution is 2.15. The molecule has 0 aromatic heterocycles. The number of carbonyl (C=O) groups is 1. The van der Waals surface area contributed by atoms with E-state index in [9.17, 15) is 4.79 Å². The zero-order valence-electron chi connectivity index (χ0n) is 10.3. The van der Waals surface area contributed by atoms with Gasteiger partial charge in [0.15, 0.2) is 0 Å². The second-order valence-electron chi connectivity index (χ2n) is 5.10. The molecule has 1 aliphatic rings. The minimum Gasteiger partial charge on any atom is -0.444 e. The second kappa shape index (κ2) is 4.71. The van der Waals surface area contributed by atoms with E-state index >= 15 is 0 Å². The fourth-order valence-corrected chi connectivity index (χ4v) is 1.45. The highest BCUT2D eigenvalue weighted by molar-refractivity contribution is 5.69. The van der Waals surface area contributed by atoms with Crippen molar-refractivity contribution in [3.8, 4) is 6.07 Å².